The van der Waals surface area contributed by atoms with E-state index in [4.69, 9.17) is 9.31 Å². The Morgan fingerprint density at radius 3 is 2.43 bits per heavy atom. The molecule has 0 radical (unpaired) electrons. The summed E-state index contributed by atoms with van der Waals surface area (Å²) in [6.45, 7) is 8.17. The maximum atomic E-state index is 5.95. The quantitative estimate of drug-likeness (QED) is 0.793. The number of hydrogen-bond acceptors (Lipinski definition) is 4. The predicted octanol–water partition coefficient (Wildman–Crippen LogP) is 3.27. The van der Waals surface area contributed by atoms with Crippen LogP contribution in [0.2, 0.25) is 0 Å². The molecule has 2 aromatic heterocycles. The van der Waals surface area contributed by atoms with E-state index in [1.165, 1.54) is 0 Å². The Morgan fingerprint density at radius 2 is 1.71 bits per heavy atom. The molecule has 4 nitrogen and oxygen atoms in total. The zero-order valence-corrected chi connectivity index (χ0v) is 12.8. The minimum absolute atomic E-state index is 0.324. The summed E-state index contributed by atoms with van der Waals surface area (Å²) in [5.74, 6) is 1.91. The van der Waals surface area contributed by atoms with E-state index >= 15 is 0 Å². The zero-order chi connectivity index (χ0) is 15.1. The molecule has 0 atom stereocenters. The molecule has 21 heavy (non-hydrogen) atoms. The summed E-state index contributed by atoms with van der Waals surface area (Å²) in [5.41, 5.74) is 1.15. The third-order valence-corrected chi connectivity index (χ3v) is 4.24. The van der Waals surface area contributed by atoms with Crippen LogP contribution in [-0.4, -0.2) is 28.3 Å². The molecule has 1 saturated heterocycles. The molecule has 0 amide bonds. The van der Waals surface area contributed by atoms with Gasteiger partial charge in [-0.15, -0.1) is 0 Å². The average molecular weight is 282 g/mol. The highest BCUT2D eigenvalue weighted by Crippen LogP contribution is 2.37. The highest BCUT2D eigenvalue weighted by molar-refractivity contribution is 6.52. The van der Waals surface area contributed by atoms with E-state index in [1.54, 1.807) is 12.4 Å². The summed E-state index contributed by atoms with van der Waals surface area (Å²) in [6.07, 6.45) is 5.48. The first-order chi connectivity index (χ1) is 9.89. The lowest BCUT2D eigenvalue weighted by atomic mass is 9.89. The van der Waals surface area contributed by atoms with Crippen LogP contribution in [0.4, 0.5) is 0 Å². The number of pyridine rings is 2. The first kappa shape index (κ1) is 14.2. The molecule has 0 saturated carbocycles. The Bertz CT molecular complexity index is 676. The summed E-state index contributed by atoms with van der Waals surface area (Å²) in [6, 6.07) is 5.83. The third-order valence-electron chi connectivity index (χ3n) is 4.24. The molecule has 2 aromatic rings. The summed E-state index contributed by atoms with van der Waals surface area (Å²) >= 11 is 0. The third kappa shape index (κ3) is 2.59. The summed E-state index contributed by atoms with van der Waals surface area (Å²) in [7, 11) is -0.358. The Balaban J connectivity index is 1.87. The molecule has 5 heteroatoms. The SMILES string of the molecule is CC1(C)OB(/C=C/c2nccc3ncccc23)OC1(C)C. The Hall–Kier alpha value is -1.72. The molecule has 1 aliphatic heterocycles. The van der Waals surface area contributed by atoms with Gasteiger partial charge in [-0.2, -0.15) is 0 Å². The van der Waals surface area contributed by atoms with Crippen LogP contribution in [0.5, 0.6) is 0 Å². The molecular formula is C16H19BN2O2. The fourth-order valence-electron chi connectivity index (χ4n) is 2.29. The first-order valence-electron chi connectivity index (χ1n) is 7.13. The standard InChI is InChI=1S/C16H19BN2O2/c1-15(2)16(3,4)21-17(20-15)9-7-13-12-6-5-10-18-14(12)8-11-19-13/h5-11H,1-4H3/b9-7+. The molecule has 108 valence electrons. The van der Waals surface area contributed by atoms with E-state index in [1.807, 2.05) is 57.9 Å². The van der Waals surface area contributed by atoms with Crippen molar-refractivity contribution in [2.75, 3.05) is 0 Å². The minimum atomic E-state index is -0.358. The van der Waals surface area contributed by atoms with Crippen LogP contribution in [-0.2, 0) is 9.31 Å². The summed E-state index contributed by atoms with van der Waals surface area (Å²) in [4.78, 5) is 8.73. The van der Waals surface area contributed by atoms with Gasteiger partial charge in [0.2, 0.25) is 0 Å². The van der Waals surface area contributed by atoms with Crippen molar-refractivity contribution in [3.05, 3.63) is 42.3 Å². The van der Waals surface area contributed by atoms with Gasteiger partial charge in [-0.3, -0.25) is 9.97 Å². The Kier molecular flexibility index (Phi) is 3.34. The smallest absolute Gasteiger partial charge is 0.400 e. The summed E-state index contributed by atoms with van der Waals surface area (Å²) < 4.78 is 11.9. The van der Waals surface area contributed by atoms with Crippen LogP contribution < -0.4 is 0 Å². The van der Waals surface area contributed by atoms with Gasteiger partial charge in [-0.1, -0.05) is 5.98 Å². The van der Waals surface area contributed by atoms with Gasteiger partial charge in [0.1, 0.15) is 0 Å². The molecule has 1 aliphatic rings. The number of fused-ring (bicyclic) bond motifs is 1. The van der Waals surface area contributed by atoms with Crippen molar-refractivity contribution in [1.82, 2.24) is 9.97 Å². The second-order valence-corrected chi connectivity index (χ2v) is 6.25. The van der Waals surface area contributed by atoms with Crippen molar-refractivity contribution < 1.29 is 9.31 Å². The zero-order valence-electron chi connectivity index (χ0n) is 12.8. The van der Waals surface area contributed by atoms with E-state index in [-0.39, 0.29) is 18.3 Å². The van der Waals surface area contributed by atoms with Crippen LogP contribution in [0.1, 0.15) is 33.4 Å². The second-order valence-electron chi connectivity index (χ2n) is 6.25. The van der Waals surface area contributed by atoms with Gasteiger partial charge < -0.3 is 9.31 Å². The van der Waals surface area contributed by atoms with Gasteiger partial charge in [-0.25, -0.2) is 0 Å². The lowest BCUT2D eigenvalue weighted by Crippen LogP contribution is -2.41. The first-order valence-corrected chi connectivity index (χ1v) is 7.13. The van der Waals surface area contributed by atoms with Gasteiger partial charge in [0.15, 0.2) is 0 Å². The van der Waals surface area contributed by atoms with Crippen molar-refractivity contribution in [3.63, 3.8) is 0 Å². The molecule has 0 aromatic carbocycles. The van der Waals surface area contributed by atoms with E-state index in [2.05, 4.69) is 9.97 Å². The molecule has 3 heterocycles. The summed E-state index contributed by atoms with van der Waals surface area (Å²) in [5, 5.41) is 1.02. The van der Waals surface area contributed by atoms with Crippen molar-refractivity contribution in [1.29, 1.82) is 0 Å². The van der Waals surface area contributed by atoms with Crippen LogP contribution >= 0.6 is 0 Å². The van der Waals surface area contributed by atoms with E-state index in [9.17, 15) is 0 Å². The van der Waals surface area contributed by atoms with Gasteiger partial charge in [0.05, 0.1) is 22.4 Å². The van der Waals surface area contributed by atoms with Crippen LogP contribution in [0.25, 0.3) is 17.0 Å². The minimum Gasteiger partial charge on any atom is -0.400 e. The number of nitrogens with zero attached hydrogens (tertiary/aromatic N) is 2. The van der Waals surface area contributed by atoms with Crippen molar-refractivity contribution in [2.45, 2.75) is 38.9 Å². The largest absolute Gasteiger partial charge is 0.487 e. The lowest BCUT2D eigenvalue weighted by Gasteiger charge is -2.32. The van der Waals surface area contributed by atoms with Crippen molar-refractivity contribution in [3.8, 4) is 0 Å². The molecule has 0 N–H and O–H groups in total. The van der Waals surface area contributed by atoms with E-state index in [0.29, 0.717) is 0 Å². The fraction of sp³-hybridized carbons (Fsp3) is 0.375. The highest BCUT2D eigenvalue weighted by atomic mass is 16.7. The monoisotopic (exact) mass is 282 g/mol. The lowest BCUT2D eigenvalue weighted by molar-refractivity contribution is 0.00578. The topological polar surface area (TPSA) is 44.2 Å². The molecule has 3 rings (SSSR count). The normalized spacial score (nSPS) is 20.5. The van der Waals surface area contributed by atoms with Gasteiger partial charge >= 0.3 is 7.12 Å². The Morgan fingerprint density at radius 1 is 1.00 bits per heavy atom. The second kappa shape index (κ2) is 4.93. The van der Waals surface area contributed by atoms with Crippen LogP contribution in [0.15, 0.2) is 36.6 Å². The number of rotatable bonds is 2. The van der Waals surface area contributed by atoms with Gasteiger partial charge in [0.25, 0.3) is 0 Å². The van der Waals surface area contributed by atoms with Gasteiger partial charge in [-0.05, 0) is 52.0 Å². The average Bonchev–Trinajstić information content (AvgIpc) is 2.64. The van der Waals surface area contributed by atoms with E-state index < -0.39 is 0 Å². The molecule has 0 aliphatic carbocycles. The molecule has 1 fully saturated rings. The van der Waals surface area contributed by atoms with E-state index in [0.717, 1.165) is 16.6 Å². The predicted molar refractivity (Wildman–Crippen MR) is 84.7 cm³/mol. The Labute approximate surface area is 125 Å². The molecule has 0 bridgehead atoms. The van der Waals surface area contributed by atoms with Crippen LogP contribution in [0, 0.1) is 0 Å². The number of aromatic nitrogens is 2. The van der Waals surface area contributed by atoms with Crippen LogP contribution in [0.3, 0.4) is 0 Å². The highest BCUT2D eigenvalue weighted by Gasteiger charge is 2.50. The van der Waals surface area contributed by atoms with Crippen molar-refractivity contribution in [2.24, 2.45) is 0 Å². The molecule has 0 unspecified atom stereocenters. The maximum absolute atomic E-state index is 5.95. The van der Waals surface area contributed by atoms with Gasteiger partial charge in [0, 0.05) is 17.8 Å². The maximum Gasteiger partial charge on any atom is 0.487 e. The number of hydrogen-bond donors (Lipinski definition) is 0. The molecular weight excluding hydrogens is 263 g/mol. The fourth-order valence-corrected chi connectivity index (χ4v) is 2.29. The van der Waals surface area contributed by atoms with Crippen molar-refractivity contribution >= 4 is 24.1 Å². The molecule has 0 spiro atoms.